The van der Waals surface area contributed by atoms with Gasteiger partial charge < -0.3 is 5.32 Å². The van der Waals surface area contributed by atoms with E-state index in [1.807, 2.05) is 6.08 Å². The molecule has 1 nitrogen and oxygen atoms in total. The molecule has 0 bridgehead atoms. The summed E-state index contributed by atoms with van der Waals surface area (Å²) in [6, 6.07) is 0.639. The Balaban J connectivity index is 2.29. The summed E-state index contributed by atoms with van der Waals surface area (Å²) in [6.07, 6.45) is 14.8. The van der Waals surface area contributed by atoms with Crippen LogP contribution < -0.4 is 5.32 Å². The van der Waals surface area contributed by atoms with Gasteiger partial charge in [0.1, 0.15) is 0 Å². The summed E-state index contributed by atoms with van der Waals surface area (Å²) in [5.74, 6) is 0.723. The fourth-order valence-electron chi connectivity index (χ4n) is 2.23. The normalized spacial score (nSPS) is 21.6. The lowest BCUT2D eigenvalue weighted by molar-refractivity contribution is 0.485. The van der Waals surface area contributed by atoms with Crippen LogP contribution in [-0.2, 0) is 0 Å². The summed E-state index contributed by atoms with van der Waals surface area (Å²) in [4.78, 5) is 0. The van der Waals surface area contributed by atoms with E-state index in [-0.39, 0.29) is 0 Å². The van der Waals surface area contributed by atoms with Crippen LogP contribution in [0.25, 0.3) is 0 Å². The van der Waals surface area contributed by atoms with Gasteiger partial charge in [0.2, 0.25) is 0 Å². The molecule has 0 fully saturated rings. The summed E-state index contributed by atoms with van der Waals surface area (Å²) in [5.41, 5.74) is 1.61. The molecule has 0 aromatic rings. The van der Waals surface area contributed by atoms with Crippen molar-refractivity contribution in [2.75, 3.05) is 7.05 Å². The minimum Gasteiger partial charge on any atom is -0.317 e. The quantitative estimate of drug-likeness (QED) is 0.641. The van der Waals surface area contributed by atoms with E-state index < -0.39 is 0 Å². The first kappa shape index (κ1) is 13.2. The summed E-state index contributed by atoms with van der Waals surface area (Å²) in [7, 11) is 2.06. The molecule has 1 aliphatic carbocycles. The molecule has 1 N–H and O–H groups in total. The molecule has 0 amide bonds. The topological polar surface area (TPSA) is 12.0 Å². The first-order valence-electron chi connectivity index (χ1n) is 6.40. The van der Waals surface area contributed by atoms with Crippen LogP contribution in [0.4, 0.5) is 0 Å². The predicted molar refractivity (Wildman–Crippen MR) is 72.5 cm³/mol. The maximum atomic E-state index is 3.78. The summed E-state index contributed by atoms with van der Waals surface area (Å²) in [6.45, 7) is 6.07. The van der Waals surface area contributed by atoms with Gasteiger partial charge in [-0.05, 0) is 45.1 Å². The fraction of sp³-hybridized carbons (Fsp3) is 0.600. The zero-order chi connectivity index (χ0) is 11.8. The van der Waals surface area contributed by atoms with E-state index in [1.165, 1.54) is 25.7 Å². The van der Waals surface area contributed by atoms with E-state index in [1.54, 1.807) is 5.57 Å². The summed E-state index contributed by atoms with van der Waals surface area (Å²) < 4.78 is 0. The van der Waals surface area contributed by atoms with Gasteiger partial charge in [0.05, 0.1) is 0 Å². The van der Waals surface area contributed by atoms with Crippen LogP contribution in [0, 0.1) is 5.92 Å². The van der Waals surface area contributed by atoms with Crippen LogP contribution in [0.5, 0.6) is 0 Å². The highest BCUT2D eigenvalue weighted by atomic mass is 14.9. The monoisotopic (exact) mass is 219 g/mol. The van der Waals surface area contributed by atoms with Crippen molar-refractivity contribution < 1.29 is 0 Å². The summed E-state index contributed by atoms with van der Waals surface area (Å²) >= 11 is 0. The van der Waals surface area contributed by atoms with Crippen molar-refractivity contribution in [2.24, 2.45) is 5.92 Å². The highest BCUT2D eigenvalue weighted by molar-refractivity contribution is 5.19. The number of hydrogen-bond acceptors (Lipinski definition) is 1. The molecule has 0 saturated heterocycles. The zero-order valence-corrected chi connectivity index (χ0v) is 10.7. The van der Waals surface area contributed by atoms with E-state index in [0.29, 0.717) is 6.04 Å². The van der Waals surface area contributed by atoms with Gasteiger partial charge in [-0.15, -0.1) is 6.58 Å². The van der Waals surface area contributed by atoms with Gasteiger partial charge >= 0.3 is 0 Å². The van der Waals surface area contributed by atoms with Crippen LogP contribution >= 0.6 is 0 Å². The van der Waals surface area contributed by atoms with Crippen LogP contribution in [0.3, 0.4) is 0 Å². The van der Waals surface area contributed by atoms with Crippen molar-refractivity contribution in [1.29, 1.82) is 0 Å². The molecule has 0 radical (unpaired) electrons. The van der Waals surface area contributed by atoms with Crippen molar-refractivity contribution in [3.8, 4) is 0 Å². The van der Waals surface area contributed by atoms with Gasteiger partial charge in [-0.1, -0.05) is 36.8 Å². The molecule has 0 aliphatic heterocycles. The van der Waals surface area contributed by atoms with Gasteiger partial charge in [0.25, 0.3) is 0 Å². The number of allylic oxidation sites excluding steroid dienone is 5. The highest BCUT2D eigenvalue weighted by Gasteiger charge is 2.09. The second-order valence-corrected chi connectivity index (χ2v) is 4.78. The fourth-order valence-corrected chi connectivity index (χ4v) is 2.23. The minimum absolute atomic E-state index is 0.639. The van der Waals surface area contributed by atoms with Crippen molar-refractivity contribution in [2.45, 2.75) is 45.1 Å². The largest absolute Gasteiger partial charge is 0.317 e. The minimum atomic E-state index is 0.639. The maximum Gasteiger partial charge on any atom is 0.00700 e. The maximum absolute atomic E-state index is 3.78. The van der Waals surface area contributed by atoms with Gasteiger partial charge in [0.15, 0.2) is 0 Å². The third-order valence-electron chi connectivity index (χ3n) is 3.30. The molecule has 1 heteroatoms. The molecular weight excluding hydrogens is 194 g/mol. The lowest BCUT2D eigenvalue weighted by Gasteiger charge is -2.19. The summed E-state index contributed by atoms with van der Waals surface area (Å²) in [5, 5.41) is 3.39. The third kappa shape index (κ3) is 4.80. The standard InChI is InChI=1S/C15H25N/c1-4-5-9-15(16-3)11-10-14-8-6-7-13(2)12-14/h4,6-8,13,15-16H,1,5,9-12H2,2-3H3. The van der Waals surface area contributed by atoms with Gasteiger partial charge in [-0.2, -0.15) is 0 Å². The first-order valence-corrected chi connectivity index (χ1v) is 6.40. The van der Waals surface area contributed by atoms with Gasteiger partial charge in [-0.25, -0.2) is 0 Å². The number of hydrogen-bond donors (Lipinski definition) is 1. The van der Waals surface area contributed by atoms with Crippen molar-refractivity contribution in [1.82, 2.24) is 5.32 Å². The molecule has 16 heavy (non-hydrogen) atoms. The Hall–Kier alpha value is -0.820. The lowest BCUT2D eigenvalue weighted by atomic mass is 9.91. The Labute approximate surface area is 100 Å². The molecule has 90 valence electrons. The second-order valence-electron chi connectivity index (χ2n) is 4.78. The SMILES string of the molecule is C=CCCC(CCC1=CC=CC(C)C1)NC. The van der Waals surface area contributed by atoms with E-state index in [9.17, 15) is 0 Å². The molecule has 2 atom stereocenters. The van der Waals surface area contributed by atoms with Crippen LogP contribution in [-0.4, -0.2) is 13.1 Å². The Morgan fingerprint density at radius 3 is 3.00 bits per heavy atom. The van der Waals surface area contributed by atoms with Crippen LogP contribution in [0.15, 0.2) is 36.5 Å². The molecular formula is C15H25N. The number of rotatable bonds is 7. The molecule has 0 saturated carbocycles. The highest BCUT2D eigenvalue weighted by Crippen LogP contribution is 2.22. The molecule has 0 heterocycles. The average Bonchev–Trinajstić information content (AvgIpc) is 2.29. The van der Waals surface area contributed by atoms with E-state index in [0.717, 1.165) is 12.3 Å². The Morgan fingerprint density at radius 1 is 1.56 bits per heavy atom. The Bertz CT molecular complexity index is 263. The average molecular weight is 219 g/mol. The molecule has 1 aliphatic rings. The van der Waals surface area contributed by atoms with Crippen LogP contribution in [0.1, 0.15) is 39.0 Å². The van der Waals surface area contributed by atoms with Crippen molar-refractivity contribution in [3.05, 3.63) is 36.5 Å². The van der Waals surface area contributed by atoms with Crippen molar-refractivity contribution >= 4 is 0 Å². The van der Waals surface area contributed by atoms with Crippen LogP contribution in [0.2, 0.25) is 0 Å². The third-order valence-corrected chi connectivity index (χ3v) is 3.30. The predicted octanol–water partition coefficient (Wildman–Crippen LogP) is 3.84. The van der Waals surface area contributed by atoms with Gasteiger partial charge in [-0.3, -0.25) is 0 Å². The second kappa shape index (κ2) is 7.45. The zero-order valence-electron chi connectivity index (χ0n) is 10.7. The van der Waals surface area contributed by atoms with E-state index in [2.05, 4.69) is 44.1 Å². The molecule has 2 unspecified atom stereocenters. The Morgan fingerprint density at radius 2 is 2.38 bits per heavy atom. The molecule has 0 spiro atoms. The van der Waals surface area contributed by atoms with Crippen molar-refractivity contribution in [3.63, 3.8) is 0 Å². The lowest BCUT2D eigenvalue weighted by Crippen LogP contribution is -2.25. The first-order chi connectivity index (χ1) is 7.76. The Kier molecular flexibility index (Phi) is 6.17. The molecule has 0 aromatic carbocycles. The number of nitrogens with one attached hydrogen (secondary N) is 1. The smallest absolute Gasteiger partial charge is 0.00700 e. The van der Waals surface area contributed by atoms with Gasteiger partial charge in [0, 0.05) is 6.04 Å². The van der Waals surface area contributed by atoms with E-state index in [4.69, 9.17) is 0 Å². The molecule has 0 aromatic heterocycles. The van der Waals surface area contributed by atoms with E-state index >= 15 is 0 Å². The molecule has 1 rings (SSSR count).